The second kappa shape index (κ2) is 7.66. The first kappa shape index (κ1) is 16.1. The van der Waals surface area contributed by atoms with Gasteiger partial charge in [-0.15, -0.1) is 0 Å². The maximum absolute atomic E-state index is 12.1. The van der Waals surface area contributed by atoms with Crippen LogP contribution < -0.4 is 4.90 Å². The second-order valence-corrected chi connectivity index (χ2v) is 6.25. The summed E-state index contributed by atoms with van der Waals surface area (Å²) < 4.78 is 0. The Morgan fingerprint density at radius 2 is 2.14 bits per heavy atom. The molecule has 1 amide bonds. The number of hydrogen-bond donors (Lipinski definition) is 1. The number of hydrogen-bond acceptors (Lipinski definition) is 5. The van der Waals surface area contributed by atoms with E-state index in [1.54, 1.807) is 16.7 Å². The summed E-state index contributed by atoms with van der Waals surface area (Å²) in [6, 6.07) is 4.06. The molecule has 1 N–H and O–H groups in total. The topological polar surface area (TPSA) is 56.7 Å². The Balaban J connectivity index is 1.87. The molecule has 1 aliphatic heterocycles. The van der Waals surface area contributed by atoms with Crippen LogP contribution in [0.15, 0.2) is 18.3 Å². The zero-order valence-electron chi connectivity index (χ0n) is 12.7. The molecule has 0 bridgehead atoms. The highest BCUT2D eigenvalue weighted by atomic mass is 32.2. The van der Waals surface area contributed by atoms with E-state index in [9.17, 15) is 9.90 Å². The zero-order chi connectivity index (χ0) is 15.2. The average Bonchev–Trinajstić information content (AvgIpc) is 2.52. The van der Waals surface area contributed by atoms with E-state index in [-0.39, 0.29) is 5.91 Å². The van der Waals surface area contributed by atoms with Gasteiger partial charge >= 0.3 is 0 Å². The quantitative estimate of drug-likeness (QED) is 0.884. The van der Waals surface area contributed by atoms with E-state index in [1.165, 1.54) is 0 Å². The van der Waals surface area contributed by atoms with Crippen LogP contribution in [0.4, 0.5) is 5.69 Å². The van der Waals surface area contributed by atoms with Gasteiger partial charge in [0.15, 0.2) is 0 Å². The number of nitrogens with zero attached hydrogens (tertiary/aromatic N) is 3. The van der Waals surface area contributed by atoms with E-state index >= 15 is 0 Å². The van der Waals surface area contributed by atoms with Crippen LogP contribution in [0, 0.1) is 6.92 Å². The van der Waals surface area contributed by atoms with Crippen LogP contribution >= 0.6 is 11.8 Å². The third kappa shape index (κ3) is 4.35. The van der Waals surface area contributed by atoms with Gasteiger partial charge < -0.3 is 14.9 Å². The molecule has 1 saturated heterocycles. The van der Waals surface area contributed by atoms with E-state index in [0.29, 0.717) is 19.5 Å². The lowest BCUT2D eigenvalue weighted by atomic mass is 10.2. The standard InChI is InChI=1S/C15H23N3O2S/c1-12-11-13(3-5-16-12)17-6-8-18(9-7-17)15(20)14(19)4-10-21-2/h3,5,11,14,19H,4,6-10H2,1-2H3. The molecule has 1 atom stereocenters. The summed E-state index contributed by atoms with van der Waals surface area (Å²) in [4.78, 5) is 20.4. The fourth-order valence-corrected chi connectivity index (χ4v) is 2.94. The van der Waals surface area contributed by atoms with E-state index < -0.39 is 6.10 Å². The first-order chi connectivity index (χ1) is 10.1. The zero-order valence-corrected chi connectivity index (χ0v) is 13.5. The molecule has 0 aliphatic carbocycles. The number of aliphatic hydroxyl groups excluding tert-OH is 1. The average molecular weight is 309 g/mol. The summed E-state index contributed by atoms with van der Waals surface area (Å²) in [6.45, 7) is 4.90. The van der Waals surface area contributed by atoms with Gasteiger partial charge in [0.2, 0.25) is 0 Å². The number of rotatable bonds is 5. The van der Waals surface area contributed by atoms with Crippen molar-refractivity contribution in [3.8, 4) is 0 Å². The Morgan fingerprint density at radius 3 is 2.76 bits per heavy atom. The predicted octanol–water partition coefficient (Wildman–Crippen LogP) is 1.15. The lowest BCUT2D eigenvalue weighted by molar-refractivity contribution is -0.140. The van der Waals surface area contributed by atoms with Gasteiger partial charge in [0.25, 0.3) is 5.91 Å². The van der Waals surface area contributed by atoms with Crippen molar-refractivity contribution in [1.82, 2.24) is 9.88 Å². The van der Waals surface area contributed by atoms with Gasteiger partial charge in [-0.25, -0.2) is 0 Å². The molecule has 0 saturated carbocycles. The predicted molar refractivity (Wildman–Crippen MR) is 86.8 cm³/mol. The molecule has 5 nitrogen and oxygen atoms in total. The Kier molecular flexibility index (Phi) is 5.87. The second-order valence-electron chi connectivity index (χ2n) is 5.27. The maximum atomic E-state index is 12.1. The lowest BCUT2D eigenvalue weighted by Gasteiger charge is -2.37. The van der Waals surface area contributed by atoms with E-state index in [2.05, 4.69) is 16.0 Å². The lowest BCUT2D eigenvalue weighted by Crippen LogP contribution is -2.51. The fraction of sp³-hybridized carbons (Fsp3) is 0.600. The number of piperazine rings is 1. The highest BCUT2D eigenvalue weighted by Crippen LogP contribution is 2.17. The van der Waals surface area contributed by atoms with Crippen LogP contribution in [0.25, 0.3) is 0 Å². The molecule has 2 rings (SSSR count). The van der Waals surface area contributed by atoms with Crippen LogP contribution in [0.5, 0.6) is 0 Å². The summed E-state index contributed by atoms with van der Waals surface area (Å²) in [5.41, 5.74) is 2.15. The molecule has 21 heavy (non-hydrogen) atoms. The van der Waals surface area contributed by atoms with Crippen molar-refractivity contribution in [1.29, 1.82) is 0 Å². The number of thioether (sulfide) groups is 1. The fourth-order valence-electron chi connectivity index (χ4n) is 2.48. The summed E-state index contributed by atoms with van der Waals surface area (Å²) >= 11 is 1.65. The first-order valence-corrected chi connectivity index (χ1v) is 8.64. The van der Waals surface area contributed by atoms with Crippen molar-refractivity contribution < 1.29 is 9.90 Å². The number of anilines is 1. The van der Waals surface area contributed by atoms with Crippen LogP contribution in [-0.4, -0.2) is 65.2 Å². The minimum atomic E-state index is -0.854. The molecular weight excluding hydrogens is 286 g/mol. The van der Waals surface area contributed by atoms with E-state index in [0.717, 1.165) is 30.2 Å². The third-order valence-electron chi connectivity index (χ3n) is 3.72. The molecular formula is C15H23N3O2S. The Hall–Kier alpha value is -1.27. The number of amides is 1. The van der Waals surface area contributed by atoms with Gasteiger partial charge in [0, 0.05) is 43.8 Å². The largest absolute Gasteiger partial charge is 0.383 e. The van der Waals surface area contributed by atoms with Gasteiger partial charge in [-0.2, -0.15) is 11.8 Å². The van der Waals surface area contributed by atoms with E-state index in [4.69, 9.17) is 0 Å². The number of pyridine rings is 1. The smallest absolute Gasteiger partial charge is 0.251 e. The molecule has 1 unspecified atom stereocenters. The van der Waals surface area contributed by atoms with Crippen molar-refractivity contribution in [2.75, 3.05) is 43.1 Å². The van der Waals surface area contributed by atoms with Gasteiger partial charge in [0.1, 0.15) is 6.10 Å². The SMILES string of the molecule is CSCCC(O)C(=O)N1CCN(c2ccnc(C)c2)CC1. The normalized spacial score (nSPS) is 16.9. The minimum absolute atomic E-state index is 0.130. The maximum Gasteiger partial charge on any atom is 0.251 e. The molecule has 1 aromatic heterocycles. The Morgan fingerprint density at radius 1 is 1.43 bits per heavy atom. The molecule has 1 aliphatic rings. The molecule has 1 fully saturated rings. The van der Waals surface area contributed by atoms with Crippen LogP contribution in [0.3, 0.4) is 0 Å². The molecule has 6 heteroatoms. The number of aromatic nitrogens is 1. The van der Waals surface area contributed by atoms with Crippen LogP contribution in [0.2, 0.25) is 0 Å². The molecule has 1 aromatic rings. The van der Waals surface area contributed by atoms with Gasteiger partial charge in [-0.3, -0.25) is 9.78 Å². The van der Waals surface area contributed by atoms with Crippen molar-refractivity contribution in [2.24, 2.45) is 0 Å². The molecule has 0 aromatic carbocycles. The van der Waals surface area contributed by atoms with Crippen molar-refractivity contribution in [3.63, 3.8) is 0 Å². The molecule has 0 radical (unpaired) electrons. The van der Waals surface area contributed by atoms with Crippen molar-refractivity contribution in [3.05, 3.63) is 24.0 Å². The highest BCUT2D eigenvalue weighted by molar-refractivity contribution is 7.98. The van der Waals surface area contributed by atoms with Crippen molar-refractivity contribution in [2.45, 2.75) is 19.4 Å². The Labute approximate surface area is 130 Å². The summed E-state index contributed by atoms with van der Waals surface area (Å²) in [5, 5.41) is 9.89. The van der Waals surface area contributed by atoms with Gasteiger partial charge in [-0.05, 0) is 37.5 Å². The first-order valence-electron chi connectivity index (χ1n) is 7.25. The minimum Gasteiger partial charge on any atom is -0.383 e. The molecule has 116 valence electrons. The summed E-state index contributed by atoms with van der Waals surface area (Å²) in [7, 11) is 0. The number of carbonyl (C=O) groups excluding carboxylic acids is 1. The van der Waals surface area contributed by atoms with Gasteiger partial charge in [0.05, 0.1) is 0 Å². The monoisotopic (exact) mass is 309 g/mol. The number of carbonyl (C=O) groups is 1. The Bertz CT molecular complexity index is 476. The van der Waals surface area contributed by atoms with Crippen LogP contribution in [-0.2, 0) is 4.79 Å². The number of aryl methyl sites for hydroxylation is 1. The summed E-state index contributed by atoms with van der Waals surface area (Å²) in [5.74, 6) is 0.679. The molecule has 2 heterocycles. The van der Waals surface area contributed by atoms with Gasteiger partial charge in [-0.1, -0.05) is 0 Å². The van der Waals surface area contributed by atoms with Crippen LogP contribution in [0.1, 0.15) is 12.1 Å². The van der Waals surface area contributed by atoms with Crippen molar-refractivity contribution >= 4 is 23.4 Å². The number of aliphatic hydroxyl groups is 1. The van der Waals surface area contributed by atoms with E-state index in [1.807, 2.05) is 25.4 Å². The molecule has 0 spiro atoms. The third-order valence-corrected chi connectivity index (χ3v) is 4.36. The summed E-state index contributed by atoms with van der Waals surface area (Å²) in [6.07, 6.45) is 3.47. The highest BCUT2D eigenvalue weighted by Gasteiger charge is 2.25.